The van der Waals surface area contributed by atoms with Gasteiger partial charge in [-0.25, -0.2) is 4.79 Å². The summed E-state index contributed by atoms with van der Waals surface area (Å²) in [4.78, 5) is 33.9. The smallest absolute Gasteiger partial charge is 0.339 e. The highest BCUT2D eigenvalue weighted by molar-refractivity contribution is 9.11. The van der Waals surface area contributed by atoms with E-state index in [1.807, 2.05) is 0 Å². The van der Waals surface area contributed by atoms with Gasteiger partial charge in [0.05, 0.1) is 16.2 Å². The molecule has 0 atom stereocenters. The molecule has 2 aromatic rings. The van der Waals surface area contributed by atoms with Crippen LogP contribution < -0.4 is 5.32 Å². The zero-order valence-corrected chi connectivity index (χ0v) is 15.2. The van der Waals surface area contributed by atoms with Crippen LogP contribution in [0.1, 0.15) is 10.4 Å². The number of halogens is 2. The number of nitro groups is 1. The summed E-state index contributed by atoms with van der Waals surface area (Å²) in [6.07, 6.45) is 0. The number of carbonyl (C=O) groups is 2. The molecule has 9 heteroatoms. The normalized spacial score (nSPS) is 10.1. The van der Waals surface area contributed by atoms with Gasteiger partial charge >= 0.3 is 5.97 Å². The number of nitro benzene ring substituents is 1. The van der Waals surface area contributed by atoms with Gasteiger partial charge in [0.25, 0.3) is 11.6 Å². The molecule has 0 aliphatic heterocycles. The molecule has 0 spiro atoms. The molecule has 1 amide bonds. The average molecular weight is 458 g/mol. The highest BCUT2D eigenvalue weighted by Gasteiger charge is 2.15. The second-order valence-corrected chi connectivity index (χ2v) is 6.23. The highest BCUT2D eigenvalue weighted by Crippen LogP contribution is 2.27. The SMILES string of the molecule is O=C(COC(=O)c1ccccc1Br)Nc1ccc([N+](=O)[O-])cc1Br. The minimum atomic E-state index is -0.639. The van der Waals surface area contributed by atoms with Gasteiger partial charge in [-0.05, 0) is 50.1 Å². The summed E-state index contributed by atoms with van der Waals surface area (Å²) >= 11 is 6.36. The first-order chi connectivity index (χ1) is 11.4. The fourth-order valence-electron chi connectivity index (χ4n) is 1.74. The molecular formula is C15H10Br2N2O5. The molecule has 2 aromatic carbocycles. The standard InChI is InChI=1S/C15H10Br2N2O5/c16-11-4-2-1-3-10(11)15(21)24-8-14(20)18-13-6-5-9(19(22)23)7-12(13)17/h1-7H,8H2,(H,18,20). The van der Waals surface area contributed by atoms with Gasteiger partial charge in [-0.3, -0.25) is 14.9 Å². The molecular weight excluding hydrogens is 448 g/mol. The number of ether oxygens (including phenoxy) is 1. The largest absolute Gasteiger partial charge is 0.452 e. The first kappa shape index (κ1) is 18.1. The number of esters is 1. The zero-order valence-electron chi connectivity index (χ0n) is 12.0. The summed E-state index contributed by atoms with van der Waals surface area (Å²) in [6.45, 7) is -0.483. The van der Waals surface area contributed by atoms with Crippen LogP contribution in [0.2, 0.25) is 0 Å². The number of hydrogen-bond donors (Lipinski definition) is 1. The number of hydrogen-bond acceptors (Lipinski definition) is 5. The molecule has 0 fully saturated rings. The molecule has 0 saturated carbocycles. The van der Waals surface area contributed by atoms with Gasteiger partial charge in [0, 0.05) is 21.1 Å². The third-order valence-electron chi connectivity index (χ3n) is 2.87. The molecule has 0 heterocycles. The van der Waals surface area contributed by atoms with E-state index >= 15 is 0 Å². The minimum Gasteiger partial charge on any atom is -0.452 e. The van der Waals surface area contributed by atoms with E-state index in [9.17, 15) is 19.7 Å². The van der Waals surface area contributed by atoms with Crippen molar-refractivity contribution < 1.29 is 19.2 Å². The van der Waals surface area contributed by atoms with Crippen molar-refractivity contribution in [1.82, 2.24) is 0 Å². The van der Waals surface area contributed by atoms with E-state index in [-0.39, 0.29) is 5.69 Å². The lowest BCUT2D eigenvalue weighted by atomic mass is 10.2. The lowest BCUT2D eigenvalue weighted by Gasteiger charge is -2.08. The van der Waals surface area contributed by atoms with Gasteiger partial charge in [0.1, 0.15) is 0 Å². The van der Waals surface area contributed by atoms with Crippen LogP contribution in [-0.4, -0.2) is 23.4 Å². The van der Waals surface area contributed by atoms with Gasteiger partial charge in [0.15, 0.2) is 6.61 Å². The Morgan fingerprint density at radius 2 is 1.83 bits per heavy atom. The first-order valence-electron chi connectivity index (χ1n) is 6.54. The number of nitrogens with one attached hydrogen (secondary N) is 1. The number of amides is 1. The molecule has 0 aliphatic carbocycles. The number of anilines is 1. The molecule has 124 valence electrons. The van der Waals surface area contributed by atoms with Crippen molar-refractivity contribution in [2.45, 2.75) is 0 Å². The van der Waals surface area contributed by atoms with Gasteiger partial charge in [-0.15, -0.1) is 0 Å². The summed E-state index contributed by atoms with van der Waals surface area (Å²) in [6, 6.07) is 10.6. The van der Waals surface area contributed by atoms with Crippen molar-refractivity contribution >= 4 is 55.1 Å². The fourth-order valence-corrected chi connectivity index (χ4v) is 2.65. The van der Waals surface area contributed by atoms with Crippen LogP contribution in [0.5, 0.6) is 0 Å². The Bertz CT molecular complexity index is 810. The molecule has 2 rings (SSSR count). The summed E-state index contributed by atoms with van der Waals surface area (Å²) in [5, 5.41) is 13.2. The summed E-state index contributed by atoms with van der Waals surface area (Å²) in [5.41, 5.74) is 0.532. The molecule has 0 aliphatic rings. The van der Waals surface area contributed by atoms with Crippen LogP contribution in [0.4, 0.5) is 11.4 Å². The fraction of sp³-hybridized carbons (Fsp3) is 0.0667. The van der Waals surface area contributed by atoms with Crippen LogP contribution in [0.25, 0.3) is 0 Å². The van der Waals surface area contributed by atoms with E-state index in [0.29, 0.717) is 20.2 Å². The van der Waals surface area contributed by atoms with E-state index in [1.165, 1.54) is 18.2 Å². The van der Waals surface area contributed by atoms with Crippen LogP contribution in [-0.2, 0) is 9.53 Å². The number of benzene rings is 2. The van der Waals surface area contributed by atoms with Gasteiger partial charge < -0.3 is 10.1 Å². The Morgan fingerprint density at radius 1 is 1.12 bits per heavy atom. The molecule has 0 saturated heterocycles. The number of nitrogens with zero attached hydrogens (tertiary/aromatic N) is 1. The summed E-state index contributed by atoms with van der Waals surface area (Å²) in [5.74, 6) is -1.20. The second kappa shape index (κ2) is 8.02. The Kier molecular flexibility index (Phi) is 6.04. The first-order valence-corrected chi connectivity index (χ1v) is 8.12. The van der Waals surface area contributed by atoms with Crippen LogP contribution in [0, 0.1) is 10.1 Å². The van der Waals surface area contributed by atoms with E-state index in [0.717, 1.165) is 0 Å². The minimum absolute atomic E-state index is 0.111. The second-order valence-electron chi connectivity index (χ2n) is 4.53. The highest BCUT2D eigenvalue weighted by atomic mass is 79.9. The molecule has 0 aromatic heterocycles. The molecule has 1 N–H and O–H groups in total. The quantitative estimate of drug-likeness (QED) is 0.416. The molecule has 0 radical (unpaired) electrons. The van der Waals surface area contributed by atoms with Crippen molar-refractivity contribution in [3.8, 4) is 0 Å². The third kappa shape index (κ3) is 4.62. The van der Waals surface area contributed by atoms with Crippen LogP contribution >= 0.6 is 31.9 Å². The van der Waals surface area contributed by atoms with E-state index < -0.39 is 23.4 Å². The molecule has 0 unspecified atom stereocenters. The molecule has 24 heavy (non-hydrogen) atoms. The molecule has 7 nitrogen and oxygen atoms in total. The lowest BCUT2D eigenvalue weighted by molar-refractivity contribution is -0.384. The van der Waals surface area contributed by atoms with Gasteiger partial charge in [-0.2, -0.15) is 0 Å². The summed E-state index contributed by atoms with van der Waals surface area (Å²) in [7, 11) is 0. The van der Waals surface area contributed by atoms with Gasteiger partial charge in [0.2, 0.25) is 0 Å². The molecule has 0 bridgehead atoms. The van der Waals surface area contributed by atoms with Crippen molar-refractivity contribution in [2.24, 2.45) is 0 Å². The van der Waals surface area contributed by atoms with Crippen molar-refractivity contribution in [1.29, 1.82) is 0 Å². The Hall–Kier alpha value is -2.26. The number of carbonyl (C=O) groups excluding carboxylic acids is 2. The van der Waals surface area contributed by atoms with E-state index in [4.69, 9.17) is 4.74 Å². The zero-order chi connectivity index (χ0) is 17.7. The average Bonchev–Trinajstić information content (AvgIpc) is 2.54. The van der Waals surface area contributed by atoms with Crippen LogP contribution in [0.15, 0.2) is 51.4 Å². The Balaban J connectivity index is 1.95. The maximum atomic E-state index is 11.9. The van der Waals surface area contributed by atoms with Crippen molar-refractivity contribution in [2.75, 3.05) is 11.9 Å². The van der Waals surface area contributed by atoms with Gasteiger partial charge in [-0.1, -0.05) is 12.1 Å². The van der Waals surface area contributed by atoms with Crippen LogP contribution in [0.3, 0.4) is 0 Å². The van der Waals surface area contributed by atoms with E-state index in [2.05, 4.69) is 37.2 Å². The maximum Gasteiger partial charge on any atom is 0.339 e. The lowest BCUT2D eigenvalue weighted by Crippen LogP contribution is -2.21. The monoisotopic (exact) mass is 456 g/mol. The summed E-state index contributed by atoms with van der Waals surface area (Å²) < 4.78 is 5.85. The Labute approximate surface area is 153 Å². The predicted molar refractivity (Wildman–Crippen MR) is 93.9 cm³/mol. The predicted octanol–water partition coefficient (Wildman–Crippen LogP) is 3.92. The Morgan fingerprint density at radius 3 is 2.46 bits per heavy atom. The van der Waals surface area contributed by atoms with Crippen molar-refractivity contribution in [3.63, 3.8) is 0 Å². The number of non-ortho nitro benzene ring substituents is 1. The number of rotatable bonds is 5. The topological polar surface area (TPSA) is 98.5 Å². The van der Waals surface area contributed by atoms with Crippen molar-refractivity contribution in [3.05, 3.63) is 67.1 Å². The van der Waals surface area contributed by atoms with E-state index in [1.54, 1.807) is 24.3 Å². The third-order valence-corrected chi connectivity index (χ3v) is 4.21. The maximum absolute atomic E-state index is 11.9.